The number of carbonyl (C=O) groups is 1. The zero-order valence-corrected chi connectivity index (χ0v) is 17.6. The number of aryl methyl sites for hydroxylation is 1. The van der Waals surface area contributed by atoms with Crippen molar-refractivity contribution < 1.29 is 14.3 Å². The van der Waals surface area contributed by atoms with Crippen molar-refractivity contribution in [2.75, 3.05) is 26.5 Å². The van der Waals surface area contributed by atoms with Crippen LogP contribution < -0.4 is 14.8 Å². The minimum Gasteiger partial charge on any atom is -0.493 e. The fourth-order valence-electron chi connectivity index (χ4n) is 2.23. The summed E-state index contributed by atoms with van der Waals surface area (Å²) in [5.41, 5.74) is 3.17. The highest BCUT2D eigenvalue weighted by molar-refractivity contribution is 14.1. The summed E-state index contributed by atoms with van der Waals surface area (Å²) >= 11 is 3.94. The summed E-state index contributed by atoms with van der Waals surface area (Å²) in [6.45, 7) is 2.71. The van der Waals surface area contributed by atoms with Crippen LogP contribution >= 0.6 is 34.4 Å². The van der Waals surface area contributed by atoms with Crippen molar-refractivity contribution >= 4 is 40.3 Å². The van der Waals surface area contributed by atoms with Crippen LogP contribution in [-0.4, -0.2) is 32.4 Å². The van der Waals surface area contributed by atoms with Gasteiger partial charge in [-0.25, -0.2) is 0 Å². The number of nitrogens with one attached hydrogen (secondary N) is 1. The molecular weight excluding hydrogens is 449 g/mol. The van der Waals surface area contributed by atoms with Gasteiger partial charge in [-0.2, -0.15) is 11.8 Å². The summed E-state index contributed by atoms with van der Waals surface area (Å²) in [6.07, 6.45) is 0. The molecular formula is C19H22INO3S. The van der Waals surface area contributed by atoms with Gasteiger partial charge in [0.05, 0.1) is 19.8 Å². The van der Waals surface area contributed by atoms with Crippen LogP contribution in [0.5, 0.6) is 11.5 Å². The number of benzene rings is 2. The van der Waals surface area contributed by atoms with E-state index in [0.717, 1.165) is 15.1 Å². The van der Waals surface area contributed by atoms with E-state index < -0.39 is 0 Å². The predicted molar refractivity (Wildman–Crippen MR) is 112 cm³/mol. The third-order valence-corrected chi connectivity index (χ3v) is 5.56. The molecule has 1 amide bonds. The molecule has 0 saturated carbocycles. The lowest BCUT2D eigenvalue weighted by Gasteiger charge is -2.12. The average molecular weight is 471 g/mol. The third kappa shape index (κ3) is 5.81. The monoisotopic (exact) mass is 471 g/mol. The SMILES string of the molecule is COc1cc(I)c(C(=O)NCCSCc2ccc(C)cc2)cc1OC. The van der Waals surface area contributed by atoms with Crippen LogP contribution in [0.15, 0.2) is 36.4 Å². The quantitative estimate of drug-likeness (QED) is 0.461. The van der Waals surface area contributed by atoms with Crippen LogP contribution in [-0.2, 0) is 5.75 Å². The lowest BCUT2D eigenvalue weighted by atomic mass is 10.2. The topological polar surface area (TPSA) is 47.6 Å². The number of hydrogen-bond donors (Lipinski definition) is 1. The first-order valence-corrected chi connectivity index (χ1v) is 10.1. The zero-order chi connectivity index (χ0) is 18.2. The summed E-state index contributed by atoms with van der Waals surface area (Å²) < 4.78 is 11.4. The van der Waals surface area contributed by atoms with Crippen molar-refractivity contribution in [1.82, 2.24) is 5.32 Å². The Morgan fingerprint density at radius 3 is 2.40 bits per heavy atom. The maximum atomic E-state index is 12.4. The lowest BCUT2D eigenvalue weighted by Crippen LogP contribution is -2.26. The van der Waals surface area contributed by atoms with Crippen molar-refractivity contribution in [3.63, 3.8) is 0 Å². The Morgan fingerprint density at radius 2 is 1.76 bits per heavy atom. The van der Waals surface area contributed by atoms with Crippen molar-refractivity contribution in [3.8, 4) is 11.5 Å². The Kier molecular flexibility index (Phi) is 7.90. The van der Waals surface area contributed by atoms with Gasteiger partial charge in [0.15, 0.2) is 11.5 Å². The van der Waals surface area contributed by atoms with Gasteiger partial charge >= 0.3 is 0 Å². The molecule has 0 radical (unpaired) electrons. The fourth-order valence-corrected chi connectivity index (χ4v) is 3.74. The molecule has 0 unspecified atom stereocenters. The molecule has 2 aromatic rings. The van der Waals surface area contributed by atoms with Gasteiger partial charge in [-0.3, -0.25) is 4.79 Å². The summed E-state index contributed by atoms with van der Waals surface area (Å²) in [4.78, 5) is 12.4. The summed E-state index contributed by atoms with van der Waals surface area (Å²) in [6, 6.07) is 12.1. The van der Waals surface area contributed by atoms with Gasteiger partial charge in [-0.1, -0.05) is 29.8 Å². The molecule has 0 aliphatic rings. The molecule has 0 spiro atoms. The van der Waals surface area contributed by atoms with E-state index in [2.05, 4.69) is 59.1 Å². The molecule has 0 aliphatic heterocycles. The van der Waals surface area contributed by atoms with Crippen LogP contribution in [0.25, 0.3) is 0 Å². The first-order chi connectivity index (χ1) is 12.0. The molecule has 0 aliphatic carbocycles. The summed E-state index contributed by atoms with van der Waals surface area (Å²) in [5.74, 6) is 2.90. The minimum absolute atomic E-state index is 0.0960. The van der Waals surface area contributed by atoms with E-state index >= 15 is 0 Å². The smallest absolute Gasteiger partial charge is 0.252 e. The van der Waals surface area contributed by atoms with E-state index in [1.807, 2.05) is 0 Å². The molecule has 0 bridgehead atoms. The molecule has 6 heteroatoms. The second-order valence-electron chi connectivity index (χ2n) is 5.48. The van der Waals surface area contributed by atoms with E-state index in [-0.39, 0.29) is 5.91 Å². The van der Waals surface area contributed by atoms with Crippen LogP contribution in [0.3, 0.4) is 0 Å². The van der Waals surface area contributed by atoms with Crippen molar-refractivity contribution in [2.24, 2.45) is 0 Å². The maximum Gasteiger partial charge on any atom is 0.252 e. The van der Waals surface area contributed by atoms with Crippen molar-refractivity contribution in [3.05, 3.63) is 56.7 Å². The third-order valence-electron chi connectivity index (χ3n) is 3.64. The number of rotatable bonds is 8. The average Bonchev–Trinajstić information content (AvgIpc) is 2.62. The highest BCUT2D eigenvalue weighted by Crippen LogP contribution is 2.31. The number of amides is 1. The van der Waals surface area contributed by atoms with Crippen LogP contribution in [0.2, 0.25) is 0 Å². The van der Waals surface area contributed by atoms with Gasteiger partial charge < -0.3 is 14.8 Å². The van der Waals surface area contributed by atoms with E-state index in [0.29, 0.717) is 23.6 Å². The molecule has 0 saturated heterocycles. The van der Waals surface area contributed by atoms with Crippen LogP contribution in [0.1, 0.15) is 21.5 Å². The van der Waals surface area contributed by atoms with Gasteiger partial charge in [0.2, 0.25) is 0 Å². The Bertz CT molecular complexity index is 719. The fraction of sp³-hybridized carbons (Fsp3) is 0.316. The number of hydrogen-bond acceptors (Lipinski definition) is 4. The van der Waals surface area contributed by atoms with Crippen LogP contribution in [0.4, 0.5) is 0 Å². The van der Waals surface area contributed by atoms with Gasteiger partial charge in [0, 0.05) is 21.6 Å². The van der Waals surface area contributed by atoms with Crippen molar-refractivity contribution in [2.45, 2.75) is 12.7 Å². The number of methoxy groups -OCH3 is 2. The Labute approximate surface area is 166 Å². The van der Waals surface area contributed by atoms with Gasteiger partial charge in [0.25, 0.3) is 5.91 Å². The molecule has 25 heavy (non-hydrogen) atoms. The molecule has 2 aromatic carbocycles. The lowest BCUT2D eigenvalue weighted by molar-refractivity contribution is 0.0955. The molecule has 0 atom stereocenters. The number of carbonyl (C=O) groups excluding carboxylic acids is 1. The maximum absolute atomic E-state index is 12.4. The molecule has 0 fully saturated rings. The van der Waals surface area contributed by atoms with Gasteiger partial charge in [-0.05, 0) is 47.2 Å². The number of ether oxygens (including phenoxy) is 2. The number of thioether (sulfide) groups is 1. The standard InChI is InChI=1S/C19H22INO3S/c1-13-4-6-14(7-5-13)12-25-9-8-21-19(22)15-10-17(23-2)18(24-3)11-16(15)20/h4-7,10-11H,8-9,12H2,1-3H3,(H,21,22). The zero-order valence-electron chi connectivity index (χ0n) is 14.6. The highest BCUT2D eigenvalue weighted by Gasteiger charge is 2.15. The summed E-state index contributed by atoms with van der Waals surface area (Å²) in [5, 5.41) is 2.96. The largest absolute Gasteiger partial charge is 0.493 e. The molecule has 2 rings (SSSR count). The molecule has 0 heterocycles. The molecule has 4 nitrogen and oxygen atoms in total. The van der Waals surface area contributed by atoms with E-state index in [1.54, 1.807) is 38.1 Å². The minimum atomic E-state index is -0.0960. The van der Waals surface area contributed by atoms with Crippen LogP contribution in [0, 0.1) is 10.5 Å². The Morgan fingerprint density at radius 1 is 1.12 bits per heavy atom. The highest BCUT2D eigenvalue weighted by atomic mass is 127. The summed E-state index contributed by atoms with van der Waals surface area (Å²) in [7, 11) is 3.15. The normalized spacial score (nSPS) is 10.4. The van der Waals surface area contributed by atoms with E-state index in [4.69, 9.17) is 9.47 Å². The Balaban J connectivity index is 1.83. The first-order valence-electron chi connectivity index (χ1n) is 7.88. The Hall–Kier alpha value is -1.41. The van der Waals surface area contributed by atoms with Gasteiger partial charge in [-0.15, -0.1) is 0 Å². The molecule has 0 aromatic heterocycles. The number of halogens is 1. The van der Waals surface area contributed by atoms with E-state index in [9.17, 15) is 4.79 Å². The first kappa shape index (κ1) is 19.9. The second-order valence-corrected chi connectivity index (χ2v) is 7.75. The molecule has 134 valence electrons. The second kappa shape index (κ2) is 9.91. The van der Waals surface area contributed by atoms with E-state index in [1.165, 1.54) is 11.1 Å². The van der Waals surface area contributed by atoms with Crippen molar-refractivity contribution in [1.29, 1.82) is 0 Å². The molecule has 1 N–H and O–H groups in total. The van der Waals surface area contributed by atoms with Gasteiger partial charge in [0.1, 0.15) is 0 Å². The predicted octanol–water partition coefficient (Wildman–Crippen LogP) is 4.28.